The van der Waals surface area contributed by atoms with E-state index in [0.29, 0.717) is 5.92 Å². The molecular formula is C18H27N3O2. The summed E-state index contributed by atoms with van der Waals surface area (Å²) in [6.45, 7) is 11.7. The summed E-state index contributed by atoms with van der Waals surface area (Å²) in [4.78, 5) is 18.4. The summed E-state index contributed by atoms with van der Waals surface area (Å²) in [7, 11) is 0. The number of nitrogens with one attached hydrogen (secondary N) is 1. The first-order chi connectivity index (χ1) is 10.8. The lowest BCUT2D eigenvalue weighted by Crippen LogP contribution is -2.36. The van der Waals surface area contributed by atoms with Gasteiger partial charge in [-0.2, -0.15) is 0 Å². The molecule has 0 aromatic carbocycles. The van der Waals surface area contributed by atoms with Crippen LogP contribution < -0.4 is 5.32 Å². The van der Waals surface area contributed by atoms with E-state index in [1.165, 1.54) is 12.8 Å². The molecule has 0 aliphatic carbocycles. The topological polar surface area (TPSA) is 65.5 Å². The van der Waals surface area contributed by atoms with E-state index in [4.69, 9.17) is 0 Å². The Morgan fingerprint density at radius 2 is 2.26 bits per heavy atom. The van der Waals surface area contributed by atoms with Crippen LogP contribution in [0, 0.1) is 5.92 Å². The van der Waals surface area contributed by atoms with Crippen molar-refractivity contribution >= 4 is 11.7 Å². The molecule has 1 saturated heterocycles. The summed E-state index contributed by atoms with van der Waals surface area (Å²) in [6.07, 6.45) is 2.49. The lowest BCUT2D eigenvalue weighted by atomic mass is 9.89. The molecule has 0 amide bonds. The predicted octanol–water partition coefficient (Wildman–Crippen LogP) is 3.28. The molecular weight excluding hydrogens is 290 g/mol. The number of nitrogens with zero attached hydrogens (tertiary/aromatic N) is 2. The molecule has 0 saturated carbocycles. The van der Waals surface area contributed by atoms with E-state index in [1.807, 2.05) is 0 Å². The number of fused-ring (bicyclic) bond motifs is 1. The monoisotopic (exact) mass is 317 g/mol. The number of aromatic nitrogens is 1. The van der Waals surface area contributed by atoms with Crippen LogP contribution >= 0.6 is 0 Å². The third-order valence-electron chi connectivity index (χ3n) is 5.30. The van der Waals surface area contributed by atoms with Gasteiger partial charge in [-0.15, -0.1) is 0 Å². The molecule has 1 aromatic heterocycles. The van der Waals surface area contributed by atoms with Gasteiger partial charge in [0, 0.05) is 24.5 Å². The molecule has 5 nitrogen and oxygen atoms in total. The number of hydrogen-bond donors (Lipinski definition) is 2. The van der Waals surface area contributed by atoms with Gasteiger partial charge in [0.05, 0.1) is 11.4 Å². The maximum atomic E-state index is 11.5. The third-order valence-corrected chi connectivity index (χ3v) is 5.30. The summed E-state index contributed by atoms with van der Waals surface area (Å²) >= 11 is 0. The Morgan fingerprint density at radius 1 is 1.52 bits per heavy atom. The Hall–Kier alpha value is -1.62. The van der Waals surface area contributed by atoms with Crippen LogP contribution in [-0.2, 0) is 5.41 Å². The van der Waals surface area contributed by atoms with E-state index >= 15 is 0 Å². The standard InChI is InChI=1S/C18H27N3O2/c1-11-6-5-7-21(9-11)12(2)13-8-14(17(22)23)20-16-15(13)19-10-18(16,3)4/h8,11-12,19H,5-7,9-10H2,1-4H3,(H,22,23)/t11-,12?/m0/s1. The predicted molar refractivity (Wildman–Crippen MR) is 91.1 cm³/mol. The highest BCUT2D eigenvalue weighted by Gasteiger charge is 2.36. The molecule has 0 bridgehead atoms. The van der Waals surface area contributed by atoms with E-state index in [0.717, 1.165) is 36.6 Å². The molecule has 2 N–H and O–H groups in total. The molecule has 126 valence electrons. The second-order valence-electron chi connectivity index (χ2n) is 7.78. The number of hydrogen-bond acceptors (Lipinski definition) is 4. The van der Waals surface area contributed by atoms with Crippen LogP contribution in [0.1, 0.15) is 68.3 Å². The van der Waals surface area contributed by atoms with Crippen molar-refractivity contribution in [3.8, 4) is 0 Å². The van der Waals surface area contributed by atoms with Crippen LogP contribution in [-0.4, -0.2) is 40.6 Å². The van der Waals surface area contributed by atoms with Crippen molar-refractivity contribution < 1.29 is 9.90 Å². The van der Waals surface area contributed by atoms with Gasteiger partial charge in [0.1, 0.15) is 5.69 Å². The summed E-state index contributed by atoms with van der Waals surface area (Å²) in [5.41, 5.74) is 3.04. The number of carboxylic acid groups (broad SMARTS) is 1. The van der Waals surface area contributed by atoms with Crippen molar-refractivity contribution in [3.05, 3.63) is 23.0 Å². The minimum absolute atomic E-state index is 0.134. The zero-order chi connectivity index (χ0) is 16.8. The summed E-state index contributed by atoms with van der Waals surface area (Å²) in [5, 5.41) is 12.9. The highest BCUT2D eigenvalue weighted by molar-refractivity contribution is 5.87. The first kappa shape index (κ1) is 16.2. The molecule has 23 heavy (non-hydrogen) atoms. The molecule has 2 atom stereocenters. The molecule has 1 fully saturated rings. The van der Waals surface area contributed by atoms with Crippen molar-refractivity contribution in [1.82, 2.24) is 9.88 Å². The van der Waals surface area contributed by atoms with Crippen molar-refractivity contribution in [3.63, 3.8) is 0 Å². The van der Waals surface area contributed by atoms with Gasteiger partial charge in [-0.1, -0.05) is 20.8 Å². The van der Waals surface area contributed by atoms with Crippen molar-refractivity contribution in [2.24, 2.45) is 5.92 Å². The maximum absolute atomic E-state index is 11.5. The van der Waals surface area contributed by atoms with Crippen LogP contribution in [0.3, 0.4) is 0 Å². The summed E-state index contributed by atoms with van der Waals surface area (Å²) in [5.74, 6) is -0.250. The lowest BCUT2D eigenvalue weighted by molar-refractivity contribution is 0.0689. The molecule has 2 aliphatic rings. The molecule has 0 radical (unpaired) electrons. The van der Waals surface area contributed by atoms with E-state index in [2.05, 4.69) is 42.9 Å². The maximum Gasteiger partial charge on any atom is 0.354 e. The number of carbonyl (C=O) groups is 1. The zero-order valence-corrected chi connectivity index (χ0v) is 14.5. The van der Waals surface area contributed by atoms with Gasteiger partial charge in [0.15, 0.2) is 0 Å². The fraction of sp³-hybridized carbons (Fsp3) is 0.667. The van der Waals surface area contributed by atoms with E-state index in [-0.39, 0.29) is 17.2 Å². The van der Waals surface area contributed by atoms with E-state index in [1.54, 1.807) is 6.07 Å². The third kappa shape index (κ3) is 2.94. The number of aromatic carboxylic acids is 1. The Balaban J connectivity index is 2.03. The summed E-state index contributed by atoms with van der Waals surface area (Å²) < 4.78 is 0. The van der Waals surface area contributed by atoms with Gasteiger partial charge in [0.2, 0.25) is 0 Å². The number of anilines is 1. The van der Waals surface area contributed by atoms with Crippen LogP contribution in [0.5, 0.6) is 0 Å². The fourth-order valence-electron chi connectivity index (χ4n) is 3.85. The minimum atomic E-state index is -0.948. The van der Waals surface area contributed by atoms with Gasteiger partial charge in [-0.05, 0) is 43.9 Å². The number of piperidine rings is 1. The highest BCUT2D eigenvalue weighted by Crippen LogP contribution is 2.41. The molecule has 3 heterocycles. The van der Waals surface area contributed by atoms with Crippen LogP contribution in [0.2, 0.25) is 0 Å². The molecule has 1 unspecified atom stereocenters. The van der Waals surface area contributed by atoms with Gasteiger partial charge in [0.25, 0.3) is 0 Å². The Morgan fingerprint density at radius 3 is 2.91 bits per heavy atom. The Kier molecular flexibility index (Phi) is 4.08. The second kappa shape index (κ2) is 5.78. The van der Waals surface area contributed by atoms with Crippen LogP contribution in [0.15, 0.2) is 6.07 Å². The second-order valence-corrected chi connectivity index (χ2v) is 7.78. The first-order valence-corrected chi connectivity index (χ1v) is 8.56. The van der Waals surface area contributed by atoms with Gasteiger partial charge in [-0.25, -0.2) is 9.78 Å². The highest BCUT2D eigenvalue weighted by atomic mass is 16.4. The first-order valence-electron chi connectivity index (χ1n) is 8.56. The fourth-order valence-corrected chi connectivity index (χ4v) is 3.85. The normalized spacial score (nSPS) is 24.8. The number of rotatable bonds is 3. The van der Waals surface area contributed by atoms with E-state index < -0.39 is 5.97 Å². The Labute approximate surface area is 138 Å². The number of carboxylic acids is 1. The Bertz CT molecular complexity index is 627. The van der Waals surface area contributed by atoms with Crippen LogP contribution in [0.25, 0.3) is 0 Å². The van der Waals surface area contributed by atoms with Gasteiger partial charge >= 0.3 is 5.97 Å². The largest absolute Gasteiger partial charge is 0.477 e. The average Bonchev–Trinajstić information content (AvgIpc) is 2.81. The molecule has 5 heteroatoms. The SMILES string of the molecule is CC(c1cc(C(=O)O)nc2c1NCC2(C)C)N1CCC[C@H](C)C1. The quantitative estimate of drug-likeness (QED) is 0.895. The molecule has 3 rings (SSSR count). The smallest absolute Gasteiger partial charge is 0.354 e. The molecule has 2 aliphatic heterocycles. The van der Waals surface area contributed by atoms with Crippen molar-refractivity contribution in [2.45, 2.75) is 52.0 Å². The summed E-state index contributed by atoms with van der Waals surface area (Å²) in [6, 6.07) is 1.97. The van der Waals surface area contributed by atoms with Crippen molar-refractivity contribution in [2.75, 3.05) is 25.0 Å². The van der Waals surface area contributed by atoms with Crippen molar-refractivity contribution in [1.29, 1.82) is 0 Å². The van der Waals surface area contributed by atoms with E-state index in [9.17, 15) is 9.90 Å². The molecule has 0 spiro atoms. The number of pyridine rings is 1. The molecule has 1 aromatic rings. The minimum Gasteiger partial charge on any atom is -0.477 e. The lowest BCUT2D eigenvalue weighted by Gasteiger charge is -2.36. The number of likely N-dealkylation sites (tertiary alicyclic amines) is 1. The zero-order valence-electron chi connectivity index (χ0n) is 14.5. The van der Waals surface area contributed by atoms with Gasteiger partial charge < -0.3 is 10.4 Å². The van der Waals surface area contributed by atoms with Crippen LogP contribution in [0.4, 0.5) is 5.69 Å². The van der Waals surface area contributed by atoms with Gasteiger partial charge in [-0.3, -0.25) is 4.90 Å². The average molecular weight is 317 g/mol.